The predicted molar refractivity (Wildman–Crippen MR) is 43.6 cm³/mol. The maximum Gasteiger partial charge on any atom is 0.490 e. The number of nitrogens with zero attached hydrogens (tertiary/aromatic N) is 4. The van der Waals surface area contributed by atoms with E-state index in [1.165, 1.54) is 0 Å². The van der Waals surface area contributed by atoms with Crippen molar-refractivity contribution >= 4 is 11.9 Å². The van der Waals surface area contributed by atoms with Crippen LogP contribution in [-0.2, 0) is 16.1 Å². The molecule has 1 aromatic rings. The van der Waals surface area contributed by atoms with Gasteiger partial charge in [0.2, 0.25) is 12.5 Å². The summed E-state index contributed by atoms with van der Waals surface area (Å²) in [6.45, 7) is -0.465. The zero-order chi connectivity index (χ0) is 11.4. The minimum absolute atomic E-state index is 0.465. The number of alkyl halides is 1. The van der Waals surface area contributed by atoms with Crippen molar-refractivity contribution < 1.29 is 18.8 Å². The van der Waals surface area contributed by atoms with Gasteiger partial charge in [-0.3, -0.25) is 0 Å². The Morgan fingerprint density at radius 1 is 1.87 bits per heavy atom. The van der Waals surface area contributed by atoms with Crippen LogP contribution in [0.15, 0.2) is 6.33 Å². The van der Waals surface area contributed by atoms with Gasteiger partial charge in [-0.25, -0.2) is 9.18 Å². The predicted octanol–water partition coefficient (Wildman–Crippen LogP) is -0.303. The number of methoxy groups -OCH3 is 1. The van der Waals surface area contributed by atoms with E-state index in [4.69, 9.17) is 0 Å². The third kappa shape index (κ3) is 2.69. The highest BCUT2D eigenvalue weighted by molar-refractivity contribution is 5.74. The molecule has 0 aliphatic carbocycles. The number of halogens is 1. The molecule has 0 amide bonds. The second-order valence-corrected chi connectivity index (χ2v) is 2.51. The van der Waals surface area contributed by atoms with Crippen LogP contribution in [0.25, 0.3) is 0 Å². The standard InChI is InChI=1S/C6H7FN4O4/c1-15-5(12)4(7)2-10-3-8-6(9-10)11(13)14/h3-4H,2H2,1H3. The first-order valence-electron chi connectivity index (χ1n) is 3.80. The van der Waals surface area contributed by atoms with E-state index in [1.54, 1.807) is 0 Å². The second-order valence-electron chi connectivity index (χ2n) is 2.51. The normalized spacial score (nSPS) is 12.1. The number of rotatable bonds is 4. The molecule has 1 rings (SSSR count). The number of hydrogen-bond acceptors (Lipinski definition) is 6. The Bertz CT molecular complexity index is 379. The highest BCUT2D eigenvalue weighted by Crippen LogP contribution is 2.03. The van der Waals surface area contributed by atoms with Crippen LogP contribution in [0.4, 0.5) is 10.3 Å². The molecule has 1 unspecified atom stereocenters. The van der Waals surface area contributed by atoms with E-state index in [9.17, 15) is 19.3 Å². The van der Waals surface area contributed by atoms with Gasteiger partial charge in [-0.15, -0.1) is 0 Å². The fraction of sp³-hybridized carbons (Fsp3) is 0.500. The fourth-order valence-corrected chi connectivity index (χ4v) is 0.823. The van der Waals surface area contributed by atoms with Crippen molar-refractivity contribution in [3.05, 3.63) is 16.4 Å². The van der Waals surface area contributed by atoms with E-state index in [1.807, 2.05) is 0 Å². The topological polar surface area (TPSA) is 100 Å². The summed E-state index contributed by atoms with van der Waals surface area (Å²) in [6.07, 6.45) is -0.954. The number of esters is 1. The van der Waals surface area contributed by atoms with Gasteiger partial charge in [-0.2, -0.15) is 4.68 Å². The molecule has 0 aromatic carbocycles. The highest BCUT2D eigenvalue weighted by atomic mass is 19.1. The third-order valence-corrected chi connectivity index (χ3v) is 1.49. The summed E-state index contributed by atoms with van der Waals surface area (Å²) in [5.41, 5.74) is 0. The van der Waals surface area contributed by atoms with Crippen molar-refractivity contribution in [2.45, 2.75) is 12.7 Å². The van der Waals surface area contributed by atoms with Crippen LogP contribution < -0.4 is 0 Å². The van der Waals surface area contributed by atoms with Crippen LogP contribution >= 0.6 is 0 Å². The van der Waals surface area contributed by atoms with Gasteiger partial charge in [0, 0.05) is 5.10 Å². The summed E-state index contributed by atoms with van der Waals surface area (Å²) in [5, 5.41) is 13.5. The lowest BCUT2D eigenvalue weighted by Crippen LogP contribution is -2.23. The van der Waals surface area contributed by atoms with Crippen molar-refractivity contribution in [1.29, 1.82) is 0 Å². The molecule has 0 fully saturated rings. The minimum atomic E-state index is -1.92. The first-order chi connectivity index (χ1) is 7.04. The van der Waals surface area contributed by atoms with Gasteiger partial charge in [0.15, 0.2) is 0 Å². The van der Waals surface area contributed by atoms with E-state index < -0.39 is 29.6 Å². The van der Waals surface area contributed by atoms with Crippen LogP contribution in [0.2, 0.25) is 0 Å². The van der Waals surface area contributed by atoms with Crippen LogP contribution in [0.1, 0.15) is 0 Å². The van der Waals surface area contributed by atoms with E-state index in [2.05, 4.69) is 14.8 Å². The van der Waals surface area contributed by atoms with Gasteiger partial charge in [0.05, 0.1) is 7.11 Å². The summed E-state index contributed by atoms with van der Waals surface area (Å²) in [4.78, 5) is 23.3. The largest absolute Gasteiger partial charge is 0.490 e. The smallest absolute Gasteiger partial charge is 0.467 e. The Hall–Kier alpha value is -2.06. The molecule has 0 bridgehead atoms. The number of carbonyl (C=O) groups excluding carboxylic acids is 1. The number of hydrogen-bond donors (Lipinski definition) is 0. The molecule has 0 radical (unpaired) electrons. The lowest BCUT2D eigenvalue weighted by atomic mass is 10.4. The zero-order valence-electron chi connectivity index (χ0n) is 7.66. The maximum atomic E-state index is 13.0. The van der Waals surface area contributed by atoms with Crippen molar-refractivity contribution in [1.82, 2.24) is 14.8 Å². The molecule has 15 heavy (non-hydrogen) atoms. The first kappa shape index (κ1) is 11.0. The Kier molecular flexibility index (Phi) is 3.26. The van der Waals surface area contributed by atoms with Gasteiger partial charge in [-0.1, -0.05) is 4.98 Å². The Balaban J connectivity index is 2.65. The number of aromatic nitrogens is 3. The van der Waals surface area contributed by atoms with Crippen LogP contribution in [0, 0.1) is 10.1 Å². The van der Waals surface area contributed by atoms with Gasteiger partial charge in [-0.05, 0) is 4.92 Å². The van der Waals surface area contributed by atoms with Crippen molar-refractivity contribution in [2.75, 3.05) is 7.11 Å². The summed E-state index contributed by atoms with van der Waals surface area (Å²) in [6, 6.07) is 0. The molecule has 0 saturated carbocycles. The van der Waals surface area contributed by atoms with Gasteiger partial charge in [0.25, 0.3) is 0 Å². The number of nitro groups is 1. The van der Waals surface area contributed by atoms with Gasteiger partial charge >= 0.3 is 11.9 Å². The maximum absolute atomic E-state index is 13.0. The summed E-state index contributed by atoms with van der Waals surface area (Å²) < 4.78 is 17.9. The Morgan fingerprint density at radius 3 is 3.00 bits per heavy atom. The lowest BCUT2D eigenvalue weighted by Gasteiger charge is -2.02. The minimum Gasteiger partial charge on any atom is -0.467 e. The molecular formula is C6H7FN4O4. The molecule has 82 valence electrons. The fourth-order valence-electron chi connectivity index (χ4n) is 0.823. The summed E-state index contributed by atoms with van der Waals surface area (Å²) in [7, 11) is 1.04. The molecule has 9 heteroatoms. The Labute approximate surface area is 82.8 Å². The average molecular weight is 218 g/mol. The molecule has 1 atom stereocenters. The summed E-state index contributed by atoms with van der Waals surface area (Å²) in [5.74, 6) is -1.71. The van der Waals surface area contributed by atoms with Crippen LogP contribution in [0.3, 0.4) is 0 Å². The molecule has 8 nitrogen and oxygen atoms in total. The van der Waals surface area contributed by atoms with E-state index in [-0.39, 0.29) is 0 Å². The number of carbonyl (C=O) groups is 1. The second kappa shape index (κ2) is 4.44. The zero-order valence-corrected chi connectivity index (χ0v) is 7.66. The molecule has 1 heterocycles. The van der Waals surface area contributed by atoms with E-state index >= 15 is 0 Å². The van der Waals surface area contributed by atoms with Crippen molar-refractivity contribution in [2.24, 2.45) is 0 Å². The lowest BCUT2D eigenvalue weighted by molar-refractivity contribution is -0.394. The SMILES string of the molecule is COC(=O)C(F)Cn1cnc([N+](=O)[O-])n1. The van der Waals surface area contributed by atoms with E-state index in [0.717, 1.165) is 18.1 Å². The average Bonchev–Trinajstić information content (AvgIpc) is 2.65. The monoisotopic (exact) mass is 218 g/mol. The van der Waals surface area contributed by atoms with Crippen LogP contribution in [-0.4, -0.2) is 38.9 Å². The summed E-state index contributed by atoms with van der Waals surface area (Å²) >= 11 is 0. The third-order valence-electron chi connectivity index (χ3n) is 1.49. The van der Waals surface area contributed by atoms with Crippen molar-refractivity contribution in [3.63, 3.8) is 0 Å². The molecule has 0 aliphatic rings. The number of ether oxygens (including phenoxy) is 1. The quantitative estimate of drug-likeness (QED) is 0.390. The molecule has 0 aliphatic heterocycles. The van der Waals surface area contributed by atoms with Gasteiger partial charge < -0.3 is 14.9 Å². The molecule has 0 saturated heterocycles. The Morgan fingerprint density at radius 2 is 2.53 bits per heavy atom. The molecule has 0 N–H and O–H groups in total. The highest BCUT2D eigenvalue weighted by Gasteiger charge is 2.22. The molecule has 1 aromatic heterocycles. The molecule has 0 spiro atoms. The first-order valence-corrected chi connectivity index (χ1v) is 3.80. The van der Waals surface area contributed by atoms with Crippen molar-refractivity contribution in [3.8, 4) is 0 Å². The van der Waals surface area contributed by atoms with Crippen LogP contribution in [0.5, 0.6) is 0 Å². The van der Waals surface area contributed by atoms with E-state index in [0.29, 0.717) is 0 Å². The van der Waals surface area contributed by atoms with Gasteiger partial charge in [0.1, 0.15) is 6.54 Å². The molecular weight excluding hydrogens is 211 g/mol.